The SMILES string of the molecule is OC[C@H]1O[C@@H](n2cnc3c(Nc4ccccc4)nc(NCCc4cnc[nH]4)nc32)[C@H](O)[C@@H]1O. The van der Waals surface area contributed by atoms with Crippen LogP contribution in [0, 0.1) is 0 Å². The monoisotopic (exact) mass is 452 g/mol. The average molecular weight is 452 g/mol. The topological polar surface area (TPSA) is 166 Å². The number of rotatable bonds is 8. The minimum atomic E-state index is -1.25. The first-order valence-electron chi connectivity index (χ1n) is 10.5. The Morgan fingerprint density at radius 1 is 1.12 bits per heavy atom. The van der Waals surface area contributed by atoms with Gasteiger partial charge in [-0.05, 0) is 12.1 Å². The summed E-state index contributed by atoms with van der Waals surface area (Å²) in [7, 11) is 0. The van der Waals surface area contributed by atoms with E-state index in [0.717, 1.165) is 11.4 Å². The maximum absolute atomic E-state index is 10.5. The van der Waals surface area contributed by atoms with Crippen molar-refractivity contribution >= 4 is 28.6 Å². The van der Waals surface area contributed by atoms with Gasteiger partial charge < -0.3 is 35.7 Å². The van der Waals surface area contributed by atoms with E-state index in [9.17, 15) is 15.3 Å². The van der Waals surface area contributed by atoms with Gasteiger partial charge in [-0.3, -0.25) is 4.57 Å². The van der Waals surface area contributed by atoms with E-state index in [1.807, 2.05) is 30.3 Å². The molecule has 0 aliphatic carbocycles. The normalized spacial score (nSPS) is 22.6. The lowest BCUT2D eigenvalue weighted by Crippen LogP contribution is -2.33. The maximum atomic E-state index is 10.5. The van der Waals surface area contributed by atoms with E-state index in [-0.39, 0.29) is 0 Å². The van der Waals surface area contributed by atoms with Crippen molar-refractivity contribution in [3.8, 4) is 0 Å². The van der Waals surface area contributed by atoms with Crippen LogP contribution in [0.5, 0.6) is 0 Å². The summed E-state index contributed by atoms with van der Waals surface area (Å²) in [5, 5.41) is 36.6. The Hall–Kier alpha value is -3.58. The van der Waals surface area contributed by atoms with E-state index in [1.54, 1.807) is 12.5 Å². The van der Waals surface area contributed by atoms with Gasteiger partial charge in [0.15, 0.2) is 23.2 Å². The molecule has 5 rings (SSSR count). The predicted octanol–water partition coefficient (Wildman–Crippen LogP) is 0.559. The molecule has 3 aromatic heterocycles. The zero-order chi connectivity index (χ0) is 22.8. The molecule has 1 aliphatic heterocycles. The van der Waals surface area contributed by atoms with Crippen LogP contribution in [0.25, 0.3) is 11.2 Å². The highest BCUT2D eigenvalue weighted by Gasteiger charge is 2.44. The van der Waals surface area contributed by atoms with Gasteiger partial charge in [-0.1, -0.05) is 18.2 Å². The summed E-state index contributed by atoms with van der Waals surface area (Å²) in [5.74, 6) is 0.828. The lowest BCUT2D eigenvalue weighted by Gasteiger charge is -2.17. The van der Waals surface area contributed by atoms with Gasteiger partial charge >= 0.3 is 0 Å². The van der Waals surface area contributed by atoms with E-state index in [4.69, 9.17) is 4.74 Å². The number of aromatic amines is 1. The molecule has 0 unspecified atom stereocenters. The van der Waals surface area contributed by atoms with Gasteiger partial charge in [-0.25, -0.2) is 9.97 Å². The summed E-state index contributed by atoms with van der Waals surface area (Å²) in [4.78, 5) is 20.7. The fraction of sp³-hybridized carbons (Fsp3) is 0.333. The molecule has 12 heteroatoms. The Bertz CT molecular complexity index is 1200. The van der Waals surface area contributed by atoms with Crippen LogP contribution in [0.15, 0.2) is 49.2 Å². The number of nitrogens with one attached hydrogen (secondary N) is 3. The quantitative estimate of drug-likeness (QED) is 0.222. The number of imidazole rings is 2. The lowest BCUT2D eigenvalue weighted by molar-refractivity contribution is -0.0511. The number of hydrogen-bond acceptors (Lipinski definition) is 10. The zero-order valence-electron chi connectivity index (χ0n) is 17.5. The molecule has 0 amide bonds. The third-order valence-electron chi connectivity index (χ3n) is 5.48. The largest absolute Gasteiger partial charge is 0.394 e. The minimum Gasteiger partial charge on any atom is -0.394 e. The van der Waals surface area contributed by atoms with Gasteiger partial charge in [-0.2, -0.15) is 9.97 Å². The molecule has 1 saturated heterocycles. The van der Waals surface area contributed by atoms with E-state index < -0.39 is 31.1 Å². The second-order valence-corrected chi connectivity index (χ2v) is 7.69. The summed E-state index contributed by atoms with van der Waals surface area (Å²) < 4.78 is 7.21. The molecular formula is C21H24N8O4. The Morgan fingerprint density at radius 2 is 1.97 bits per heavy atom. The van der Waals surface area contributed by atoms with Gasteiger partial charge in [-0.15, -0.1) is 0 Å². The van der Waals surface area contributed by atoms with Crippen LogP contribution in [0.4, 0.5) is 17.5 Å². The Kier molecular flexibility index (Phi) is 5.88. The molecule has 1 aliphatic rings. The summed E-state index contributed by atoms with van der Waals surface area (Å²) in [6.45, 7) is 0.137. The highest BCUT2D eigenvalue weighted by atomic mass is 16.6. The number of para-hydroxylation sites is 1. The van der Waals surface area contributed by atoms with Crippen LogP contribution in [-0.2, 0) is 11.2 Å². The van der Waals surface area contributed by atoms with E-state index in [1.165, 1.54) is 10.9 Å². The van der Waals surface area contributed by atoms with Crippen molar-refractivity contribution in [1.82, 2.24) is 29.5 Å². The number of H-pyrrole nitrogens is 1. The summed E-state index contributed by atoms with van der Waals surface area (Å²) >= 11 is 0. The van der Waals surface area contributed by atoms with Crippen molar-refractivity contribution in [2.45, 2.75) is 31.0 Å². The van der Waals surface area contributed by atoms with Gasteiger partial charge in [0.25, 0.3) is 0 Å². The van der Waals surface area contributed by atoms with Crippen molar-refractivity contribution < 1.29 is 20.1 Å². The first-order chi connectivity index (χ1) is 16.1. The maximum Gasteiger partial charge on any atom is 0.226 e. The van der Waals surface area contributed by atoms with Crippen LogP contribution in [0.1, 0.15) is 11.9 Å². The zero-order valence-corrected chi connectivity index (χ0v) is 17.5. The smallest absolute Gasteiger partial charge is 0.226 e. The molecular weight excluding hydrogens is 428 g/mol. The van der Waals surface area contributed by atoms with E-state index in [2.05, 4.69) is 35.6 Å². The first kappa shape index (κ1) is 21.3. The van der Waals surface area contributed by atoms with Crippen LogP contribution >= 0.6 is 0 Å². The Labute approximate surface area is 188 Å². The van der Waals surface area contributed by atoms with Crippen LogP contribution in [-0.4, -0.2) is 76.3 Å². The Morgan fingerprint density at radius 3 is 2.70 bits per heavy atom. The molecule has 0 radical (unpaired) electrons. The van der Waals surface area contributed by atoms with Crippen LogP contribution in [0.3, 0.4) is 0 Å². The van der Waals surface area contributed by atoms with Crippen molar-refractivity contribution in [2.75, 3.05) is 23.8 Å². The molecule has 1 fully saturated rings. The van der Waals surface area contributed by atoms with Gasteiger partial charge in [0, 0.05) is 30.5 Å². The molecule has 33 heavy (non-hydrogen) atoms. The number of nitrogens with zero attached hydrogens (tertiary/aromatic N) is 5. The number of aliphatic hydroxyl groups is 3. The number of aliphatic hydroxyl groups excluding tert-OH is 3. The number of fused-ring (bicyclic) bond motifs is 1. The first-order valence-corrected chi connectivity index (χ1v) is 10.5. The van der Waals surface area contributed by atoms with Crippen molar-refractivity contribution in [2.24, 2.45) is 0 Å². The number of aromatic nitrogens is 6. The second kappa shape index (κ2) is 9.11. The molecule has 4 heterocycles. The molecule has 0 bridgehead atoms. The average Bonchev–Trinajstić information content (AvgIpc) is 3.55. The van der Waals surface area contributed by atoms with Gasteiger partial charge in [0.2, 0.25) is 5.95 Å². The molecule has 6 N–H and O–H groups in total. The van der Waals surface area contributed by atoms with Crippen LogP contribution in [0.2, 0.25) is 0 Å². The standard InChI is InChI=1S/C21H24N8O4/c30-9-14-16(31)17(32)20(33-14)29-11-25-15-18(26-12-4-2-1-3-5-12)27-21(28-19(15)29)23-7-6-13-8-22-10-24-13/h1-5,8,10-11,14,16-17,20,30-32H,6-7,9H2,(H,22,24)(H2,23,26,27,28)/t14-,16-,17-,20-/m1/s1. The minimum absolute atomic E-state index is 0.355. The molecule has 172 valence electrons. The van der Waals surface area contributed by atoms with E-state index >= 15 is 0 Å². The number of benzene rings is 1. The molecule has 0 saturated carbocycles. The number of ether oxygens (including phenoxy) is 1. The third-order valence-corrected chi connectivity index (χ3v) is 5.48. The summed E-state index contributed by atoms with van der Waals surface area (Å²) in [6, 6.07) is 9.54. The fourth-order valence-electron chi connectivity index (χ4n) is 3.77. The molecule has 0 spiro atoms. The van der Waals surface area contributed by atoms with E-state index in [0.29, 0.717) is 35.9 Å². The molecule has 4 atom stereocenters. The fourth-order valence-corrected chi connectivity index (χ4v) is 3.77. The highest BCUT2D eigenvalue weighted by Crippen LogP contribution is 2.33. The summed E-state index contributed by atoms with van der Waals surface area (Å²) in [5.41, 5.74) is 2.67. The summed E-state index contributed by atoms with van der Waals surface area (Å²) in [6.07, 6.45) is 1.20. The van der Waals surface area contributed by atoms with Crippen LogP contribution < -0.4 is 10.6 Å². The van der Waals surface area contributed by atoms with Crippen molar-refractivity contribution in [3.63, 3.8) is 0 Å². The Balaban J connectivity index is 1.49. The third kappa shape index (κ3) is 4.24. The number of hydrogen-bond donors (Lipinski definition) is 6. The number of anilines is 3. The van der Waals surface area contributed by atoms with Crippen molar-refractivity contribution in [3.05, 3.63) is 54.9 Å². The molecule has 12 nitrogen and oxygen atoms in total. The van der Waals surface area contributed by atoms with Gasteiger partial charge in [0.05, 0.1) is 19.3 Å². The predicted molar refractivity (Wildman–Crippen MR) is 119 cm³/mol. The molecule has 4 aromatic rings. The highest BCUT2D eigenvalue weighted by molar-refractivity contribution is 5.86. The van der Waals surface area contributed by atoms with Gasteiger partial charge in [0.1, 0.15) is 18.3 Å². The molecule has 1 aromatic carbocycles. The van der Waals surface area contributed by atoms with Crippen molar-refractivity contribution in [1.29, 1.82) is 0 Å². The second-order valence-electron chi connectivity index (χ2n) is 7.69. The lowest BCUT2D eigenvalue weighted by atomic mass is 10.1.